The molecule has 0 spiro atoms. The lowest BCUT2D eigenvalue weighted by Crippen LogP contribution is -2.41. The third kappa shape index (κ3) is 4.88. The Morgan fingerprint density at radius 3 is 2.30 bits per heavy atom. The van der Waals surface area contributed by atoms with Gasteiger partial charge in [0.1, 0.15) is 0 Å². The van der Waals surface area contributed by atoms with E-state index in [9.17, 15) is 9.59 Å². The minimum absolute atomic E-state index is 0.118. The Labute approximate surface area is 120 Å². The van der Waals surface area contributed by atoms with Crippen LogP contribution in [0.2, 0.25) is 0 Å². The van der Waals surface area contributed by atoms with Gasteiger partial charge in [0.2, 0.25) is 5.91 Å². The van der Waals surface area contributed by atoms with Gasteiger partial charge in [0.15, 0.2) is 0 Å². The van der Waals surface area contributed by atoms with Crippen molar-refractivity contribution in [1.29, 1.82) is 0 Å². The first kappa shape index (κ1) is 16.0. The zero-order valence-electron chi connectivity index (χ0n) is 12.5. The van der Waals surface area contributed by atoms with Crippen molar-refractivity contribution >= 4 is 17.9 Å². The lowest BCUT2D eigenvalue weighted by atomic mass is 10.0. The first-order valence-corrected chi connectivity index (χ1v) is 6.70. The normalized spacial score (nSPS) is 11.4. The smallest absolute Gasteiger partial charge is 0.251 e. The summed E-state index contributed by atoms with van der Waals surface area (Å²) in [4.78, 5) is 23.1. The lowest BCUT2D eigenvalue weighted by Gasteiger charge is -2.23. The minimum Gasteiger partial charge on any atom is -0.355 e. The van der Waals surface area contributed by atoms with Crippen molar-refractivity contribution in [2.24, 2.45) is 0 Å². The summed E-state index contributed by atoms with van der Waals surface area (Å²) in [5.41, 5.74) is 1.27. The molecule has 1 aromatic carbocycles. The van der Waals surface area contributed by atoms with Gasteiger partial charge in [0, 0.05) is 24.2 Å². The van der Waals surface area contributed by atoms with Crippen molar-refractivity contribution in [1.82, 2.24) is 10.6 Å². The molecule has 108 valence electrons. The number of amides is 2. The van der Waals surface area contributed by atoms with Crippen LogP contribution in [0.4, 0.5) is 0 Å². The van der Waals surface area contributed by atoms with E-state index < -0.39 is 0 Å². The Morgan fingerprint density at radius 1 is 1.20 bits per heavy atom. The summed E-state index contributed by atoms with van der Waals surface area (Å²) in [6, 6.07) is 7.07. The number of hydrogen-bond acceptors (Lipinski definition) is 2. The van der Waals surface area contributed by atoms with E-state index in [1.807, 2.05) is 20.8 Å². The first-order chi connectivity index (χ1) is 9.38. The third-order valence-electron chi connectivity index (χ3n) is 3.17. The number of benzene rings is 1. The summed E-state index contributed by atoms with van der Waals surface area (Å²) >= 11 is 0. The number of carbonyl (C=O) groups excluding carboxylic acids is 2. The summed E-state index contributed by atoms with van der Waals surface area (Å²) in [7, 11) is 1.59. The van der Waals surface area contributed by atoms with Crippen LogP contribution in [0.25, 0.3) is 6.08 Å². The van der Waals surface area contributed by atoms with Crippen molar-refractivity contribution in [2.75, 3.05) is 7.05 Å². The number of rotatable bonds is 5. The fourth-order valence-corrected chi connectivity index (χ4v) is 1.53. The highest BCUT2D eigenvalue weighted by atomic mass is 16.2. The van der Waals surface area contributed by atoms with Crippen molar-refractivity contribution in [3.8, 4) is 0 Å². The molecule has 0 aromatic heterocycles. The predicted molar refractivity (Wildman–Crippen MR) is 81.4 cm³/mol. The van der Waals surface area contributed by atoms with Crippen LogP contribution >= 0.6 is 0 Å². The quantitative estimate of drug-likeness (QED) is 0.810. The van der Waals surface area contributed by atoms with Crippen LogP contribution in [0, 0.1) is 0 Å². The highest BCUT2D eigenvalue weighted by Crippen LogP contribution is 2.08. The monoisotopic (exact) mass is 274 g/mol. The van der Waals surface area contributed by atoms with E-state index in [1.165, 1.54) is 6.08 Å². The Hall–Kier alpha value is -2.10. The SMILES string of the molecule is CCC(C)(C)NC(=O)C=Cc1ccc(C(=O)NC)cc1. The molecule has 0 heterocycles. The fourth-order valence-electron chi connectivity index (χ4n) is 1.53. The summed E-state index contributed by atoms with van der Waals surface area (Å²) in [5.74, 6) is -0.241. The van der Waals surface area contributed by atoms with Crippen molar-refractivity contribution in [3.05, 3.63) is 41.5 Å². The average Bonchev–Trinajstić information content (AvgIpc) is 2.44. The molecule has 20 heavy (non-hydrogen) atoms. The van der Waals surface area contributed by atoms with Gasteiger partial charge in [-0.15, -0.1) is 0 Å². The molecule has 1 rings (SSSR count). The molecule has 0 unspecified atom stereocenters. The Kier molecular flexibility index (Phi) is 5.50. The fraction of sp³-hybridized carbons (Fsp3) is 0.375. The molecule has 0 saturated heterocycles. The second-order valence-corrected chi connectivity index (χ2v) is 5.26. The topological polar surface area (TPSA) is 58.2 Å². The highest BCUT2D eigenvalue weighted by molar-refractivity contribution is 5.95. The van der Waals surface area contributed by atoms with Gasteiger partial charge in [-0.2, -0.15) is 0 Å². The van der Waals surface area contributed by atoms with Crippen molar-refractivity contribution in [3.63, 3.8) is 0 Å². The zero-order valence-corrected chi connectivity index (χ0v) is 12.5. The molecule has 0 aliphatic rings. The van der Waals surface area contributed by atoms with E-state index in [2.05, 4.69) is 10.6 Å². The molecule has 0 fully saturated rings. The summed E-state index contributed by atoms with van der Waals surface area (Å²) < 4.78 is 0. The van der Waals surface area contributed by atoms with Crippen LogP contribution in [-0.4, -0.2) is 24.4 Å². The Bertz CT molecular complexity index is 502. The van der Waals surface area contributed by atoms with E-state index >= 15 is 0 Å². The Morgan fingerprint density at radius 2 is 1.80 bits per heavy atom. The minimum atomic E-state index is -0.204. The van der Waals surface area contributed by atoms with Crippen LogP contribution in [0.5, 0.6) is 0 Å². The molecular formula is C16H22N2O2. The van der Waals surface area contributed by atoms with Gasteiger partial charge in [-0.3, -0.25) is 9.59 Å². The lowest BCUT2D eigenvalue weighted by molar-refractivity contribution is -0.118. The van der Waals surface area contributed by atoms with Gasteiger partial charge in [0.05, 0.1) is 0 Å². The third-order valence-corrected chi connectivity index (χ3v) is 3.17. The first-order valence-electron chi connectivity index (χ1n) is 6.70. The molecule has 2 N–H and O–H groups in total. The molecular weight excluding hydrogens is 252 g/mol. The average molecular weight is 274 g/mol. The van der Waals surface area contributed by atoms with Crippen molar-refractivity contribution < 1.29 is 9.59 Å². The molecule has 2 amide bonds. The van der Waals surface area contributed by atoms with E-state index in [0.29, 0.717) is 5.56 Å². The maximum absolute atomic E-state index is 11.8. The van der Waals surface area contributed by atoms with Crippen LogP contribution in [0.15, 0.2) is 30.3 Å². The zero-order chi connectivity index (χ0) is 15.2. The van der Waals surface area contributed by atoms with Crippen LogP contribution in [-0.2, 0) is 4.79 Å². The maximum Gasteiger partial charge on any atom is 0.251 e. The molecule has 4 heteroatoms. The predicted octanol–water partition coefficient (Wildman–Crippen LogP) is 2.36. The number of hydrogen-bond donors (Lipinski definition) is 2. The van der Waals surface area contributed by atoms with E-state index in [1.54, 1.807) is 37.4 Å². The van der Waals surface area contributed by atoms with Crippen molar-refractivity contribution in [2.45, 2.75) is 32.7 Å². The van der Waals surface area contributed by atoms with E-state index in [0.717, 1.165) is 12.0 Å². The van der Waals surface area contributed by atoms with E-state index in [-0.39, 0.29) is 17.4 Å². The van der Waals surface area contributed by atoms with Gasteiger partial charge in [-0.05, 0) is 44.0 Å². The molecule has 0 bridgehead atoms. The van der Waals surface area contributed by atoms with Gasteiger partial charge in [0.25, 0.3) is 5.91 Å². The second kappa shape index (κ2) is 6.89. The molecule has 4 nitrogen and oxygen atoms in total. The number of carbonyl (C=O) groups is 2. The summed E-state index contributed by atoms with van der Waals surface area (Å²) in [5, 5.41) is 5.49. The summed E-state index contributed by atoms with van der Waals surface area (Å²) in [6.07, 6.45) is 4.11. The number of nitrogens with one attached hydrogen (secondary N) is 2. The van der Waals surface area contributed by atoms with Gasteiger partial charge in [-0.1, -0.05) is 19.1 Å². The summed E-state index contributed by atoms with van der Waals surface area (Å²) in [6.45, 7) is 6.00. The van der Waals surface area contributed by atoms with Crippen LogP contribution in [0.1, 0.15) is 43.1 Å². The van der Waals surface area contributed by atoms with Gasteiger partial charge >= 0.3 is 0 Å². The second-order valence-electron chi connectivity index (χ2n) is 5.26. The van der Waals surface area contributed by atoms with Gasteiger partial charge in [-0.25, -0.2) is 0 Å². The van der Waals surface area contributed by atoms with E-state index in [4.69, 9.17) is 0 Å². The highest BCUT2D eigenvalue weighted by Gasteiger charge is 2.15. The molecule has 0 radical (unpaired) electrons. The maximum atomic E-state index is 11.8. The molecule has 1 aromatic rings. The standard InChI is InChI=1S/C16H22N2O2/c1-5-16(2,3)18-14(19)11-8-12-6-9-13(10-7-12)15(20)17-4/h6-11H,5H2,1-4H3,(H,17,20)(H,18,19). The van der Waals surface area contributed by atoms with Crippen LogP contribution < -0.4 is 10.6 Å². The molecule has 0 aliphatic carbocycles. The molecule has 0 atom stereocenters. The Balaban J connectivity index is 2.67. The molecule has 0 aliphatic heterocycles. The largest absolute Gasteiger partial charge is 0.355 e. The van der Waals surface area contributed by atoms with Crippen LogP contribution in [0.3, 0.4) is 0 Å². The van der Waals surface area contributed by atoms with Gasteiger partial charge < -0.3 is 10.6 Å². The molecule has 0 saturated carbocycles.